The summed E-state index contributed by atoms with van der Waals surface area (Å²) in [6.07, 6.45) is 0. The van der Waals surface area contributed by atoms with Crippen LogP contribution in [0.4, 0.5) is 0 Å². The molecule has 188 valence electrons. The summed E-state index contributed by atoms with van der Waals surface area (Å²) in [7, 11) is 0. The molecule has 3 aromatic rings. The predicted molar refractivity (Wildman–Crippen MR) is 126 cm³/mol. The maximum Gasteiger partial charge on any atom is 0.342 e. The molecule has 36 heavy (non-hydrogen) atoms. The smallest absolute Gasteiger partial charge is 0.342 e. The Bertz CT molecular complexity index is 1340. The minimum absolute atomic E-state index is 0.0759. The van der Waals surface area contributed by atoms with E-state index in [4.69, 9.17) is 9.84 Å². The molecule has 10 nitrogen and oxygen atoms in total. The first-order valence-electron chi connectivity index (χ1n) is 10.7. The highest BCUT2D eigenvalue weighted by Crippen LogP contribution is 2.45. The molecule has 1 aliphatic carbocycles. The Morgan fingerprint density at radius 2 is 1.11 bits per heavy atom. The molecule has 4 rings (SSSR count). The second kappa shape index (κ2) is 9.49. The number of rotatable bonds is 2. The third-order valence-electron chi connectivity index (χ3n) is 5.63. The fourth-order valence-corrected chi connectivity index (χ4v) is 3.95. The zero-order chi connectivity index (χ0) is 27.1. The SMILES string of the molecule is CCOC(=O)c1c(C)cc(O)cc1O.Cc1cc(O)c2c(c1O)C(=O)c1c(O)cc(C)c(O)c1C2=O. The maximum absolute atomic E-state index is 12.6. The normalized spacial score (nSPS) is 11.8. The van der Waals surface area contributed by atoms with Gasteiger partial charge in [0.15, 0.2) is 0 Å². The largest absolute Gasteiger partial charge is 0.508 e. The fraction of sp³-hybridized carbons (Fsp3) is 0.192. The van der Waals surface area contributed by atoms with Crippen molar-refractivity contribution in [3.63, 3.8) is 0 Å². The van der Waals surface area contributed by atoms with E-state index in [1.807, 2.05) is 0 Å². The Kier molecular flexibility index (Phi) is 6.82. The number of carbonyl (C=O) groups excluding carboxylic acids is 3. The molecule has 3 aromatic carbocycles. The highest BCUT2D eigenvalue weighted by atomic mass is 16.5. The third-order valence-corrected chi connectivity index (χ3v) is 5.63. The molecule has 6 N–H and O–H groups in total. The molecule has 0 heterocycles. The predicted octanol–water partition coefficient (Wildman–Crippen LogP) is 3.48. The molecule has 0 spiro atoms. The average Bonchev–Trinajstić information content (AvgIpc) is 2.77. The molecule has 10 heteroatoms. The summed E-state index contributed by atoms with van der Waals surface area (Å²) in [5.41, 5.74) is -0.456. The summed E-state index contributed by atoms with van der Waals surface area (Å²) < 4.78 is 4.75. The molecule has 0 saturated carbocycles. The van der Waals surface area contributed by atoms with E-state index >= 15 is 0 Å². The van der Waals surface area contributed by atoms with Crippen LogP contribution in [-0.2, 0) is 4.74 Å². The monoisotopic (exact) mass is 496 g/mol. The van der Waals surface area contributed by atoms with Gasteiger partial charge in [0.2, 0.25) is 11.6 Å². The topological polar surface area (TPSA) is 182 Å². The maximum atomic E-state index is 12.6. The van der Waals surface area contributed by atoms with Gasteiger partial charge >= 0.3 is 5.97 Å². The van der Waals surface area contributed by atoms with Gasteiger partial charge in [-0.3, -0.25) is 9.59 Å². The number of fused-ring (bicyclic) bond motifs is 2. The van der Waals surface area contributed by atoms with Crippen LogP contribution in [0.1, 0.15) is 65.8 Å². The van der Waals surface area contributed by atoms with Gasteiger partial charge in [-0.1, -0.05) is 0 Å². The van der Waals surface area contributed by atoms with E-state index in [9.17, 15) is 39.9 Å². The van der Waals surface area contributed by atoms with Crippen LogP contribution in [0.15, 0.2) is 24.3 Å². The number of ether oxygens (including phenoxy) is 1. The van der Waals surface area contributed by atoms with Crippen molar-refractivity contribution in [2.75, 3.05) is 6.61 Å². The van der Waals surface area contributed by atoms with Gasteiger partial charge in [-0.25, -0.2) is 4.79 Å². The van der Waals surface area contributed by atoms with Gasteiger partial charge in [0, 0.05) is 6.07 Å². The molecule has 0 unspecified atom stereocenters. The van der Waals surface area contributed by atoms with Gasteiger partial charge in [-0.2, -0.15) is 0 Å². The van der Waals surface area contributed by atoms with Crippen LogP contribution in [0, 0.1) is 20.8 Å². The first kappa shape index (κ1) is 25.9. The minimum atomic E-state index is -0.825. The molecule has 0 radical (unpaired) electrons. The molecule has 0 aromatic heterocycles. The van der Waals surface area contributed by atoms with E-state index in [2.05, 4.69) is 0 Å². The van der Waals surface area contributed by atoms with E-state index < -0.39 is 40.5 Å². The number of ketones is 2. The van der Waals surface area contributed by atoms with Crippen LogP contribution in [0.25, 0.3) is 0 Å². The quantitative estimate of drug-likeness (QED) is 0.177. The summed E-state index contributed by atoms with van der Waals surface area (Å²) in [5.74, 6) is -4.36. The number of aryl methyl sites for hydroxylation is 3. The number of hydrogen-bond acceptors (Lipinski definition) is 10. The first-order valence-corrected chi connectivity index (χ1v) is 10.7. The van der Waals surface area contributed by atoms with Crippen molar-refractivity contribution in [1.29, 1.82) is 0 Å². The lowest BCUT2D eigenvalue weighted by atomic mass is 9.80. The van der Waals surface area contributed by atoms with Crippen LogP contribution in [0.5, 0.6) is 34.5 Å². The van der Waals surface area contributed by atoms with Gasteiger partial charge < -0.3 is 35.4 Å². The molecule has 0 bridgehead atoms. The summed E-state index contributed by atoms with van der Waals surface area (Å²) in [6.45, 7) is 6.49. The third kappa shape index (κ3) is 4.24. The van der Waals surface area contributed by atoms with Crippen molar-refractivity contribution in [3.8, 4) is 34.5 Å². The zero-order valence-electron chi connectivity index (χ0n) is 19.8. The van der Waals surface area contributed by atoms with Crippen molar-refractivity contribution in [3.05, 3.63) is 68.8 Å². The number of esters is 1. The van der Waals surface area contributed by atoms with Crippen LogP contribution >= 0.6 is 0 Å². The van der Waals surface area contributed by atoms with Crippen LogP contribution in [0.3, 0.4) is 0 Å². The van der Waals surface area contributed by atoms with Crippen molar-refractivity contribution in [1.82, 2.24) is 0 Å². The Morgan fingerprint density at radius 1 is 0.667 bits per heavy atom. The van der Waals surface area contributed by atoms with Crippen molar-refractivity contribution in [2.45, 2.75) is 27.7 Å². The van der Waals surface area contributed by atoms with Gasteiger partial charge in [-0.15, -0.1) is 0 Å². The molecule has 0 aliphatic heterocycles. The minimum Gasteiger partial charge on any atom is -0.508 e. The Hall–Kier alpha value is -4.73. The lowest BCUT2D eigenvalue weighted by Gasteiger charge is -2.22. The summed E-state index contributed by atoms with van der Waals surface area (Å²) in [5, 5.41) is 58.6. The summed E-state index contributed by atoms with van der Waals surface area (Å²) in [4.78, 5) is 36.5. The molecule has 0 fully saturated rings. The number of hydrogen-bond donors (Lipinski definition) is 6. The lowest BCUT2D eigenvalue weighted by Crippen LogP contribution is -2.22. The second-order valence-corrected chi connectivity index (χ2v) is 8.16. The van der Waals surface area contributed by atoms with Crippen LogP contribution in [0.2, 0.25) is 0 Å². The second-order valence-electron chi connectivity index (χ2n) is 8.16. The molecule has 0 amide bonds. The number of phenolic OH excluding ortho intramolecular Hbond substituents is 6. The highest BCUT2D eigenvalue weighted by Gasteiger charge is 2.39. The van der Waals surface area contributed by atoms with Crippen molar-refractivity contribution < 1.29 is 49.8 Å². The van der Waals surface area contributed by atoms with E-state index in [0.717, 1.165) is 18.2 Å². The first-order chi connectivity index (χ1) is 16.8. The van der Waals surface area contributed by atoms with E-state index in [0.29, 0.717) is 5.56 Å². The van der Waals surface area contributed by atoms with Gasteiger partial charge in [0.05, 0.1) is 28.9 Å². The lowest BCUT2D eigenvalue weighted by molar-refractivity contribution is 0.0522. The standard InChI is InChI=1S/C16H12O6.C10H12O4/c1-5-3-7(17)9-11(13(5)19)15(21)10-8(18)4-6(2)14(20)12(10)16(9)22;1-3-14-10(13)9-6(2)4-7(11)5-8(9)12/h3-4,17-20H,1-2H3;4-5,11-12H,3H2,1-2H3. The van der Waals surface area contributed by atoms with E-state index in [1.54, 1.807) is 13.8 Å². The molecule has 1 aliphatic rings. The number of benzene rings is 3. The van der Waals surface area contributed by atoms with Crippen molar-refractivity contribution in [2.24, 2.45) is 0 Å². The van der Waals surface area contributed by atoms with Crippen molar-refractivity contribution >= 4 is 17.5 Å². The summed E-state index contributed by atoms with van der Waals surface area (Å²) in [6, 6.07) is 4.83. The fourth-order valence-electron chi connectivity index (χ4n) is 3.95. The van der Waals surface area contributed by atoms with Gasteiger partial charge in [-0.05, 0) is 62.6 Å². The Morgan fingerprint density at radius 3 is 1.50 bits per heavy atom. The molecular weight excluding hydrogens is 472 g/mol. The number of phenols is 6. The van der Waals surface area contributed by atoms with E-state index in [1.165, 1.54) is 19.9 Å². The molecule has 0 saturated heterocycles. The Labute approximate surface area is 205 Å². The van der Waals surface area contributed by atoms with E-state index in [-0.39, 0.29) is 57.1 Å². The van der Waals surface area contributed by atoms with Gasteiger partial charge in [0.1, 0.15) is 40.1 Å². The summed E-state index contributed by atoms with van der Waals surface area (Å²) >= 11 is 0. The van der Waals surface area contributed by atoms with Crippen LogP contribution < -0.4 is 0 Å². The number of aromatic hydroxyl groups is 6. The molecule has 0 atom stereocenters. The zero-order valence-corrected chi connectivity index (χ0v) is 19.8. The van der Waals surface area contributed by atoms with Gasteiger partial charge in [0.25, 0.3) is 0 Å². The molecular formula is C26H24O10. The number of carbonyl (C=O) groups is 3. The Balaban J connectivity index is 0.000000223. The van der Waals surface area contributed by atoms with Crippen LogP contribution in [-0.4, -0.2) is 54.8 Å². The highest BCUT2D eigenvalue weighted by molar-refractivity contribution is 6.32. The average molecular weight is 496 g/mol.